The van der Waals surface area contributed by atoms with Gasteiger partial charge in [-0.25, -0.2) is 4.98 Å². The van der Waals surface area contributed by atoms with E-state index in [-0.39, 0.29) is 6.10 Å². The van der Waals surface area contributed by atoms with Gasteiger partial charge in [0.05, 0.1) is 17.1 Å². The molecule has 2 fully saturated rings. The van der Waals surface area contributed by atoms with E-state index in [0.29, 0.717) is 23.2 Å². The number of nitrogens with zero attached hydrogens (tertiary/aromatic N) is 2. The van der Waals surface area contributed by atoms with Crippen LogP contribution < -0.4 is 5.32 Å². The lowest BCUT2D eigenvalue weighted by molar-refractivity contribution is 0.0578. The minimum Gasteiger partial charge on any atom is -0.373 e. The summed E-state index contributed by atoms with van der Waals surface area (Å²) in [7, 11) is 0. The Kier molecular flexibility index (Phi) is 8.33. The van der Waals surface area contributed by atoms with E-state index in [0.717, 1.165) is 49.4 Å². The zero-order chi connectivity index (χ0) is 29.4. The first kappa shape index (κ1) is 29.2. The average Bonchev–Trinajstić information content (AvgIpc) is 3.18. The van der Waals surface area contributed by atoms with Crippen molar-refractivity contribution in [1.82, 2.24) is 9.97 Å². The average molecular weight is 567 g/mol. The highest BCUT2D eigenvalue weighted by atomic mass is 16.5. The fourth-order valence-corrected chi connectivity index (χ4v) is 7.57. The number of rotatable bonds is 7. The second-order valence-electron chi connectivity index (χ2n) is 14.1. The summed E-state index contributed by atoms with van der Waals surface area (Å²) < 4.78 is 6.49. The largest absolute Gasteiger partial charge is 0.373 e. The van der Waals surface area contributed by atoms with Crippen molar-refractivity contribution >= 4 is 28.8 Å². The van der Waals surface area contributed by atoms with Gasteiger partial charge in [0.15, 0.2) is 0 Å². The Labute approximate surface area is 252 Å². The number of aromatic nitrogens is 2. The summed E-state index contributed by atoms with van der Waals surface area (Å²) in [4.78, 5) is 13.2. The van der Waals surface area contributed by atoms with Gasteiger partial charge in [-0.15, -0.1) is 0 Å². The number of ether oxygens (including phenoxy) is 1. The summed E-state index contributed by atoms with van der Waals surface area (Å²) in [6.07, 6.45) is 16.7. The molecule has 224 valence electrons. The molecule has 1 saturated heterocycles. The molecule has 4 atom stereocenters. The van der Waals surface area contributed by atoms with Crippen molar-refractivity contribution in [2.24, 2.45) is 28.2 Å². The molecule has 0 spiro atoms. The normalized spacial score (nSPS) is 27.7. The topological polar surface area (TPSA) is 62.3 Å². The molecule has 0 amide bonds. The molecule has 1 aromatic heterocycles. The maximum atomic E-state index is 6.49. The van der Waals surface area contributed by atoms with E-state index >= 15 is 0 Å². The van der Waals surface area contributed by atoms with Gasteiger partial charge in [0.1, 0.15) is 0 Å². The predicted molar refractivity (Wildman–Crippen MR) is 177 cm³/mol. The summed E-state index contributed by atoms with van der Waals surface area (Å²) >= 11 is 0. The van der Waals surface area contributed by atoms with Crippen molar-refractivity contribution in [1.29, 1.82) is 0 Å². The van der Waals surface area contributed by atoms with E-state index < -0.39 is 0 Å². The molecule has 2 aromatic rings. The fraction of sp³-hybridized carbons (Fsp3) is 0.568. The number of aliphatic imine (C=N–C) groups is 1. The van der Waals surface area contributed by atoms with E-state index in [1.807, 2.05) is 0 Å². The third-order valence-electron chi connectivity index (χ3n) is 10.2. The number of hydrogen-bond donors (Lipinski definition) is 2. The lowest BCUT2D eigenvalue weighted by atomic mass is 9.70. The standard InChI is InChI=1S/C37H50N4O/c1-7-38-36-40-33-12-11-27(20-34(33)41-36)28-17-23(2)35-29(19-28)18-26(14-16-42-35)9-8-10-32-31-21-37(5,6)15-13-30(31)25(4)24(3)22-39-32/h11-12,17,19-20,22-24,26,35H,7-10,13-16,18,21H2,1-6H3,(H2,38,40,41). The van der Waals surface area contributed by atoms with Gasteiger partial charge in [-0.3, -0.25) is 4.99 Å². The molecule has 5 heteroatoms. The molecule has 2 N–H and O–H groups in total. The maximum Gasteiger partial charge on any atom is 0.201 e. The molecule has 6 rings (SSSR count). The Morgan fingerprint density at radius 1 is 1.17 bits per heavy atom. The van der Waals surface area contributed by atoms with E-state index in [1.54, 1.807) is 11.1 Å². The van der Waals surface area contributed by atoms with Gasteiger partial charge < -0.3 is 15.0 Å². The highest BCUT2D eigenvalue weighted by Crippen LogP contribution is 2.46. The van der Waals surface area contributed by atoms with Gasteiger partial charge >= 0.3 is 0 Å². The Morgan fingerprint density at radius 3 is 2.86 bits per heavy atom. The van der Waals surface area contributed by atoms with Crippen molar-refractivity contribution in [2.75, 3.05) is 18.5 Å². The van der Waals surface area contributed by atoms with E-state index in [9.17, 15) is 0 Å². The van der Waals surface area contributed by atoms with Crippen molar-refractivity contribution in [3.8, 4) is 0 Å². The van der Waals surface area contributed by atoms with Crippen molar-refractivity contribution in [3.63, 3.8) is 0 Å². The number of anilines is 1. The molecule has 0 bridgehead atoms. The first-order chi connectivity index (χ1) is 20.2. The third-order valence-corrected chi connectivity index (χ3v) is 10.2. The molecule has 1 saturated carbocycles. The van der Waals surface area contributed by atoms with E-state index in [2.05, 4.69) is 93.4 Å². The zero-order valence-corrected chi connectivity index (χ0v) is 26.6. The molecule has 3 heterocycles. The van der Waals surface area contributed by atoms with Gasteiger partial charge in [-0.05, 0) is 117 Å². The van der Waals surface area contributed by atoms with E-state index in [1.165, 1.54) is 60.1 Å². The van der Waals surface area contributed by atoms with Crippen LogP contribution in [0.3, 0.4) is 0 Å². The number of nitrogens with one attached hydrogen (secondary N) is 2. The van der Waals surface area contributed by atoms with Crippen LogP contribution in [0.25, 0.3) is 16.6 Å². The first-order valence-corrected chi connectivity index (χ1v) is 16.4. The van der Waals surface area contributed by atoms with Crippen LogP contribution in [-0.2, 0) is 4.74 Å². The van der Waals surface area contributed by atoms with Crippen LogP contribution in [-0.4, -0.2) is 35.4 Å². The summed E-state index contributed by atoms with van der Waals surface area (Å²) in [5, 5.41) is 3.29. The lowest BCUT2D eigenvalue weighted by Crippen LogP contribution is -2.25. The van der Waals surface area contributed by atoms with Crippen LogP contribution in [0.2, 0.25) is 0 Å². The quantitative estimate of drug-likeness (QED) is 0.351. The van der Waals surface area contributed by atoms with Gasteiger partial charge in [0, 0.05) is 36.9 Å². The number of fused-ring (bicyclic) bond motifs is 3. The summed E-state index contributed by atoms with van der Waals surface area (Å²) in [6, 6.07) is 6.59. The van der Waals surface area contributed by atoms with Gasteiger partial charge in [0.2, 0.25) is 5.95 Å². The van der Waals surface area contributed by atoms with Crippen LogP contribution in [0.5, 0.6) is 0 Å². The van der Waals surface area contributed by atoms with E-state index in [4.69, 9.17) is 9.73 Å². The van der Waals surface area contributed by atoms with Crippen LogP contribution >= 0.6 is 0 Å². The fourth-order valence-electron chi connectivity index (χ4n) is 7.57. The van der Waals surface area contributed by atoms with Crippen LogP contribution in [0, 0.1) is 23.2 Å². The third kappa shape index (κ3) is 6.08. The highest BCUT2D eigenvalue weighted by Gasteiger charge is 2.33. The second kappa shape index (κ2) is 12.0. The number of aromatic amines is 1. The molecular formula is C37H50N4O. The first-order valence-electron chi connectivity index (χ1n) is 16.4. The molecule has 2 aliphatic carbocycles. The molecule has 4 aliphatic rings. The van der Waals surface area contributed by atoms with Gasteiger partial charge in [0.25, 0.3) is 0 Å². The Balaban J connectivity index is 1.16. The van der Waals surface area contributed by atoms with Gasteiger partial charge in [-0.1, -0.05) is 51.5 Å². The molecule has 42 heavy (non-hydrogen) atoms. The SMILES string of the molecule is CCNc1nc2ccc(C3=CC(C)C4OCCC(CCCC5=C6CC(C)(C)CCC6=C(C)C(C)C=N5)CC4=C3)cc2[nH]1. The molecule has 2 aliphatic heterocycles. The van der Waals surface area contributed by atoms with Crippen LogP contribution in [0.4, 0.5) is 5.95 Å². The summed E-state index contributed by atoms with van der Waals surface area (Å²) in [5.41, 5.74) is 12.6. The smallest absolute Gasteiger partial charge is 0.201 e. The van der Waals surface area contributed by atoms with Crippen LogP contribution in [0.15, 0.2) is 63.3 Å². The summed E-state index contributed by atoms with van der Waals surface area (Å²) in [6.45, 7) is 15.6. The van der Waals surface area contributed by atoms with Crippen molar-refractivity contribution in [3.05, 3.63) is 63.9 Å². The van der Waals surface area contributed by atoms with Crippen molar-refractivity contribution in [2.45, 2.75) is 99.0 Å². The lowest BCUT2D eigenvalue weighted by Gasteiger charge is -2.35. The number of hydrogen-bond acceptors (Lipinski definition) is 4. The maximum absolute atomic E-state index is 6.49. The zero-order valence-electron chi connectivity index (χ0n) is 26.6. The Hall–Kier alpha value is -2.92. The molecule has 0 radical (unpaired) electrons. The van der Waals surface area contributed by atoms with Crippen molar-refractivity contribution < 1.29 is 4.74 Å². The Morgan fingerprint density at radius 2 is 2.02 bits per heavy atom. The highest BCUT2D eigenvalue weighted by molar-refractivity contribution is 5.85. The van der Waals surface area contributed by atoms with Crippen LogP contribution in [0.1, 0.15) is 98.5 Å². The van der Waals surface area contributed by atoms with Gasteiger partial charge in [-0.2, -0.15) is 0 Å². The summed E-state index contributed by atoms with van der Waals surface area (Å²) in [5.74, 6) is 2.30. The molecular weight excluding hydrogens is 516 g/mol. The minimum absolute atomic E-state index is 0.202. The number of H-pyrrole nitrogens is 1. The monoisotopic (exact) mass is 566 g/mol. The second-order valence-corrected chi connectivity index (χ2v) is 14.1. The molecule has 1 aromatic carbocycles. The number of allylic oxidation sites excluding steroid dienone is 6. The molecule has 4 unspecified atom stereocenters. The Bertz CT molecular complexity index is 1480. The minimum atomic E-state index is 0.202. The molecule has 5 nitrogen and oxygen atoms in total. The predicted octanol–water partition coefficient (Wildman–Crippen LogP) is 9.42. The number of imidazole rings is 1. The number of benzene rings is 1.